The highest BCUT2D eigenvalue weighted by Crippen LogP contribution is 2.34. The van der Waals surface area contributed by atoms with Gasteiger partial charge < -0.3 is 56.5 Å². The largest absolute Gasteiger partial charge is 1.00 e. The third kappa shape index (κ3) is 7.48. The van der Waals surface area contributed by atoms with Gasteiger partial charge in [-0.2, -0.15) is 0 Å². The summed E-state index contributed by atoms with van der Waals surface area (Å²) in [6, 6.07) is 16.2. The average molecular weight is 746 g/mol. The molecule has 2 atom stereocenters. The first-order chi connectivity index (χ1) is 22.1. The maximum Gasteiger partial charge on any atom is 0.390 e. The van der Waals surface area contributed by atoms with Crippen LogP contribution in [0.4, 0.5) is 17.3 Å². The van der Waals surface area contributed by atoms with Crippen molar-refractivity contribution in [2.75, 3.05) is 31.6 Å². The second-order valence-corrected chi connectivity index (χ2v) is 12.8. The fourth-order valence-electron chi connectivity index (χ4n) is 6.44. The maximum absolute atomic E-state index is 13.4. The van der Waals surface area contributed by atoms with E-state index in [0.717, 1.165) is 54.0 Å². The third-order valence-electron chi connectivity index (χ3n) is 8.98. The number of hydroxylamine groups is 2. The van der Waals surface area contributed by atoms with Crippen molar-refractivity contribution < 1.29 is 36.2 Å². The molecule has 2 aromatic carbocycles. The SMILES string of the molecule is CC1c2nc(Nc3ccc(OCC[N+]4(Cc5c([N+](=O)[O-])ncn5C)CCCCC4)cc3)ccc2C=C(c2c(Cl)cccc2Cl)[NH+]1[O-].[Br-]. The number of fused-ring (bicyclic) bond motifs is 1. The fraction of sp³-hybridized carbons (Fsp3) is 0.333. The molecule has 0 saturated carbocycles. The number of halogens is 3. The number of rotatable bonds is 10. The van der Waals surface area contributed by atoms with Gasteiger partial charge >= 0.3 is 5.82 Å². The molecule has 1 fully saturated rings. The van der Waals surface area contributed by atoms with Gasteiger partial charge in [0.1, 0.15) is 48.7 Å². The summed E-state index contributed by atoms with van der Waals surface area (Å²) in [6.45, 7) is 5.55. The zero-order chi connectivity index (χ0) is 32.4. The highest BCUT2D eigenvalue weighted by molar-refractivity contribution is 6.37. The highest BCUT2D eigenvalue weighted by atomic mass is 79.9. The van der Waals surface area contributed by atoms with Crippen LogP contribution in [-0.2, 0) is 13.6 Å². The van der Waals surface area contributed by atoms with Crippen LogP contribution in [0.1, 0.15) is 54.7 Å². The van der Waals surface area contributed by atoms with Crippen LogP contribution >= 0.6 is 23.2 Å². The second kappa shape index (κ2) is 14.7. The van der Waals surface area contributed by atoms with E-state index in [9.17, 15) is 15.3 Å². The number of quaternary nitrogens is 2. The van der Waals surface area contributed by atoms with Gasteiger partial charge in [0.05, 0.1) is 28.7 Å². The first-order valence-electron chi connectivity index (χ1n) is 15.3. The van der Waals surface area contributed by atoms with Crippen molar-refractivity contribution in [1.29, 1.82) is 0 Å². The van der Waals surface area contributed by atoms with Gasteiger partial charge in [-0.15, -0.1) is 0 Å². The molecule has 0 spiro atoms. The number of nitro groups is 1. The number of pyridine rings is 1. The molecule has 0 bridgehead atoms. The fourth-order valence-corrected chi connectivity index (χ4v) is 7.04. The number of aromatic nitrogens is 3. The summed E-state index contributed by atoms with van der Waals surface area (Å²) in [5.74, 6) is 1.30. The molecular weight excluding hydrogens is 709 g/mol. The van der Waals surface area contributed by atoms with Gasteiger partial charge in [0, 0.05) is 24.4 Å². The quantitative estimate of drug-likeness (QED) is 0.111. The van der Waals surface area contributed by atoms with E-state index < -0.39 is 11.0 Å². The summed E-state index contributed by atoms with van der Waals surface area (Å²) in [5.41, 5.74) is 4.05. The molecule has 2 unspecified atom stereocenters. The van der Waals surface area contributed by atoms with Crippen molar-refractivity contribution in [3.63, 3.8) is 0 Å². The van der Waals surface area contributed by atoms with E-state index in [2.05, 4.69) is 10.3 Å². The minimum absolute atomic E-state index is 0. The van der Waals surface area contributed by atoms with Crippen molar-refractivity contribution in [3.8, 4) is 5.75 Å². The highest BCUT2D eigenvalue weighted by Gasteiger charge is 2.35. The van der Waals surface area contributed by atoms with Crippen LogP contribution in [0.25, 0.3) is 11.8 Å². The minimum atomic E-state index is -0.463. The molecule has 47 heavy (non-hydrogen) atoms. The van der Waals surface area contributed by atoms with E-state index in [0.29, 0.717) is 51.7 Å². The lowest BCUT2D eigenvalue weighted by atomic mass is 9.98. The molecule has 2 aromatic heterocycles. The monoisotopic (exact) mass is 743 g/mol. The van der Waals surface area contributed by atoms with Crippen LogP contribution in [0.5, 0.6) is 5.75 Å². The van der Waals surface area contributed by atoms with Gasteiger partial charge in [-0.25, -0.2) is 4.98 Å². The predicted molar refractivity (Wildman–Crippen MR) is 179 cm³/mol. The topological polar surface area (TPSA) is 123 Å². The lowest BCUT2D eigenvalue weighted by Crippen LogP contribution is -3.05. The molecule has 14 heteroatoms. The summed E-state index contributed by atoms with van der Waals surface area (Å²) >= 11 is 12.8. The van der Waals surface area contributed by atoms with E-state index in [-0.39, 0.29) is 27.9 Å². The molecule has 1 saturated heterocycles. The molecule has 248 valence electrons. The van der Waals surface area contributed by atoms with E-state index in [1.54, 1.807) is 22.8 Å². The number of nitrogens with zero attached hydrogens (tertiary/aromatic N) is 5. The smallest absolute Gasteiger partial charge is 0.390 e. The number of hydrogen-bond donors (Lipinski definition) is 2. The van der Waals surface area contributed by atoms with E-state index >= 15 is 0 Å². The predicted octanol–water partition coefficient (Wildman–Crippen LogP) is 3.31. The Hall–Kier alpha value is -3.52. The molecular formula is C33H36BrCl2N7O4. The number of anilines is 2. The Kier molecular flexibility index (Phi) is 10.9. The number of piperidine rings is 1. The Bertz CT molecular complexity index is 1760. The number of benzene rings is 2. The van der Waals surface area contributed by atoms with Crippen LogP contribution < -0.4 is 32.1 Å². The molecule has 2 N–H and O–H groups in total. The van der Waals surface area contributed by atoms with Gasteiger partial charge in [-0.05, 0) is 84.6 Å². The Morgan fingerprint density at radius 1 is 1.09 bits per heavy atom. The summed E-state index contributed by atoms with van der Waals surface area (Å²) in [5, 5.41) is 29.0. The standard InChI is InChI=1S/C33H36Cl2N7O4.BrH/c1-22-32-23(19-28(40(22)43)31-26(34)7-6-8-27(31)35)9-14-30(38-32)37-24-10-12-25(13-11-24)46-18-17-42(15-4-3-5-16-42)20-29-33(41(44)45)36-21-39(29)2;/h6-14,19,21-22,40H,3-5,15-18,20H2,1-2H3,(H,37,38);1H/q+1;/p-1. The molecule has 0 aliphatic carbocycles. The van der Waals surface area contributed by atoms with E-state index in [4.69, 9.17) is 32.9 Å². The lowest BCUT2D eigenvalue weighted by molar-refractivity contribution is -0.945. The first-order valence-corrected chi connectivity index (χ1v) is 16.1. The van der Waals surface area contributed by atoms with Crippen molar-refractivity contribution >= 4 is 52.3 Å². The van der Waals surface area contributed by atoms with Gasteiger partial charge in [-0.3, -0.25) is 0 Å². The normalized spacial score (nSPS) is 18.4. The molecule has 4 aromatic rings. The van der Waals surface area contributed by atoms with Gasteiger partial charge in [0.25, 0.3) is 0 Å². The minimum Gasteiger partial charge on any atom is -1.00 e. The summed E-state index contributed by atoms with van der Waals surface area (Å²) < 4.78 is 8.66. The van der Waals surface area contributed by atoms with Gasteiger partial charge in [0.15, 0.2) is 5.69 Å². The zero-order valence-corrected chi connectivity index (χ0v) is 29.2. The molecule has 2 aliphatic heterocycles. The van der Waals surface area contributed by atoms with Crippen molar-refractivity contribution in [2.24, 2.45) is 7.05 Å². The van der Waals surface area contributed by atoms with Crippen LogP contribution in [0, 0.1) is 15.3 Å². The third-order valence-corrected chi connectivity index (χ3v) is 9.61. The first kappa shape index (κ1) is 34.8. The van der Waals surface area contributed by atoms with Crippen LogP contribution in [0.3, 0.4) is 0 Å². The van der Waals surface area contributed by atoms with Crippen molar-refractivity contribution in [2.45, 2.75) is 38.8 Å². The molecule has 0 amide bonds. The van der Waals surface area contributed by atoms with Gasteiger partial charge in [0.2, 0.25) is 6.33 Å². The average Bonchev–Trinajstić information content (AvgIpc) is 3.40. The molecule has 11 nitrogen and oxygen atoms in total. The number of nitrogens with one attached hydrogen (secondary N) is 2. The number of ether oxygens (including phenoxy) is 1. The Morgan fingerprint density at radius 3 is 2.47 bits per heavy atom. The number of likely N-dealkylation sites (tertiary alicyclic amines) is 1. The van der Waals surface area contributed by atoms with Gasteiger partial charge in [-0.1, -0.05) is 29.3 Å². The van der Waals surface area contributed by atoms with Crippen LogP contribution in [0.15, 0.2) is 60.9 Å². The maximum atomic E-state index is 13.4. The summed E-state index contributed by atoms with van der Waals surface area (Å²) in [6.07, 6.45) is 6.67. The van der Waals surface area contributed by atoms with E-state index in [1.807, 2.05) is 56.4 Å². The Labute approximate surface area is 293 Å². The van der Waals surface area contributed by atoms with Crippen LogP contribution in [0.2, 0.25) is 10.0 Å². The number of imidazole rings is 1. The summed E-state index contributed by atoms with van der Waals surface area (Å²) in [7, 11) is 1.81. The Balaban J connectivity index is 0.00000433. The van der Waals surface area contributed by atoms with Crippen molar-refractivity contribution in [3.05, 3.63) is 109 Å². The van der Waals surface area contributed by atoms with Crippen molar-refractivity contribution in [1.82, 2.24) is 14.5 Å². The molecule has 2 aliphatic rings. The number of hydrogen-bond acceptors (Lipinski definition) is 7. The molecule has 0 radical (unpaired) electrons. The van der Waals surface area contributed by atoms with Crippen LogP contribution in [-0.4, -0.2) is 50.2 Å². The molecule has 6 rings (SSSR count). The van der Waals surface area contributed by atoms with E-state index in [1.165, 1.54) is 12.7 Å². The zero-order valence-electron chi connectivity index (χ0n) is 26.1. The number of aryl methyl sites for hydroxylation is 1. The molecule has 4 heterocycles. The Morgan fingerprint density at radius 2 is 1.79 bits per heavy atom. The second-order valence-electron chi connectivity index (χ2n) is 12.0. The summed E-state index contributed by atoms with van der Waals surface area (Å²) in [4.78, 5) is 20.0. The lowest BCUT2D eigenvalue weighted by Gasteiger charge is -2.41.